The summed E-state index contributed by atoms with van der Waals surface area (Å²) in [7, 11) is 0. The summed E-state index contributed by atoms with van der Waals surface area (Å²) in [6, 6.07) is 24.6. The van der Waals surface area contributed by atoms with Gasteiger partial charge in [-0.1, -0.05) is 42.5 Å². The molecule has 0 saturated heterocycles. The van der Waals surface area contributed by atoms with Crippen LogP contribution in [-0.4, -0.2) is 27.9 Å². The largest absolute Gasteiger partial charge is 0.343 e. The fourth-order valence-electron chi connectivity index (χ4n) is 3.02. The van der Waals surface area contributed by atoms with Crippen LogP contribution in [0.15, 0.2) is 78.9 Å². The van der Waals surface area contributed by atoms with Gasteiger partial charge >= 0.3 is 0 Å². The number of fused-ring (bicyclic) bond motifs is 1. The van der Waals surface area contributed by atoms with E-state index in [4.69, 9.17) is 0 Å². The summed E-state index contributed by atoms with van der Waals surface area (Å²) in [6.07, 6.45) is 0. The van der Waals surface area contributed by atoms with Gasteiger partial charge in [0.2, 0.25) is 11.9 Å². The molecule has 0 bridgehead atoms. The molecule has 0 fully saturated rings. The second-order valence-corrected chi connectivity index (χ2v) is 7.47. The number of para-hydroxylation sites is 3. The van der Waals surface area contributed by atoms with Gasteiger partial charge in [-0.05, 0) is 59.0 Å². The molecular formula is C22H17IN4O2. The topological polar surface area (TPSA) is 76.0 Å². The van der Waals surface area contributed by atoms with E-state index in [-0.39, 0.29) is 18.4 Å². The molecular weight excluding hydrogens is 479 g/mol. The standard InChI is InChI=1S/C22H17IN4O2/c23-17-11-5-4-10-16(17)21(29)24-14-20(28)26-22-25-18-12-6-7-13-19(18)27(22)15-8-2-1-3-9-15/h1-13H,14H2,(H,24,29)(H,25,26,28). The van der Waals surface area contributed by atoms with Gasteiger partial charge in [-0.2, -0.15) is 0 Å². The van der Waals surface area contributed by atoms with Gasteiger partial charge < -0.3 is 5.32 Å². The van der Waals surface area contributed by atoms with E-state index in [1.165, 1.54) is 0 Å². The Kier molecular flexibility index (Phi) is 5.57. The quantitative estimate of drug-likeness (QED) is 0.411. The number of rotatable bonds is 5. The third-order valence-electron chi connectivity index (χ3n) is 4.35. The Labute approximate surface area is 181 Å². The van der Waals surface area contributed by atoms with Crippen molar-refractivity contribution in [3.8, 4) is 5.69 Å². The van der Waals surface area contributed by atoms with Gasteiger partial charge in [0.05, 0.1) is 23.1 Å². The summed E-state index contributed by atoms with van der Waals surface area (Å²) < 4.78 is 2.71. The fraction of sp³-hybridized carbons (Fsp3) is 0.0455. The minimum Gasteiger partial charge on any atom is -0.343 e. The maximum absolute atomic E-state index is 12.5. The number of amides is 2. The number of halogens is 1. The molecule has 3 aromatic carbocycles. The van der Waals surface area contributed by atoms with Gasteiger partial charge in [0.15, 0.2) is 0 Å². The molecule has 0 aliphatic carbocycles. The predicted molar refractivity (Wildman–Crippen MR) is 121 cm³/mol. The van der Waals surface area contributed by atoms with Crippen LogP contribution >= 0.6 is 22.6 Å². The zero-order valence-corrected chi connectivity index (χ0v) is 17.5. The number of nitrogens with zero attached hydrogens (tertiary/aromatic N) is 2. The van der Waals surface area contributed by atoms with E-state index >= 15 is 0 Å². The normalized spacial score (nSPS) is 10.7. The molecule has 1 heterocycles. The van der Waals surface area contributed by atoms with Crippen molar-refractivity contribution in [2.45, 2.75) is 0 Å². The van der Waals surface area contributed by atoms with Crippen LogP contribution in [0.25, 0.3) is 16.7 Å². The Bertz CT molecular complexity index is 1190. The van der Waals surface area contributed by atoms with Crippen molar-refractivity contribution in [1.29, 1.82) is 0 Å². The third-order valence-corrected chi connectivity index (χ3v) is 5.30. The zero-order chi connectivity index (χ0) is 20.2. The lowest BCUT2D eigenvalue weighted by Gasteiger charge is -2.11. The Hall–Kier alpha value is -3.20. The number of aromatic nitrogens is 2. The maximum Gasteiger partial charge on any atom is 0.252 e. The van der Waals surface area contributed by atoms with Crippen molar-refractivity contribution in [1.82, 2.24) is 14.9 Å². The number of anilines is 1. The molecule has 0 atom stereocenters. The highest BCUT2D eigenvalue weighted by atomic mass is 127. The lowest BCUT2D eigenvalue weighted by molar-refractivity contribution is -0.115. The van der Waals surface area contributed by atoms with Crippen molar-refractivity contribution in [3.63, 3.8) is 0 Å². The molecule has 4 rings (SSSR count). The summed E-state index contributed by atoms with van der Waals surface area (Å²) in [4.78, 5) is 29.4. The lowest BCUT2D eigenvalue weighted by Crippen LogP contribution is -2.33. The van der Waals surface area contributed by atoms with Gasteiger partial charge in [0.1, 0.15) is 0 Å². The molecule has 2 N–H and O–H groups in total. The zero-order valence-electron chi connectivity index (χ0n) is 15.3. The molecule has 7 heteroatoms. The molecule has 144 valence electrons. The molecule has 1 aromatic heterocycles. The second-order valence-electron chi connectivity index (χ2n) is 6.31. The van der Waals surface area contributed by atoms with Gasteiger partial charge in [0, 0.05) is 9.26 Å². The summed E-state index contributed by atoms with van der Waals surface area (Å²) in [5.41, 5.74) is 3.09. The Morgan fingerprint density at radius 3 is 2.38 bits per heavy atom. The molecule has 2 amide bonds. The first-order chi connectivity index (χ1) is 14.1. The van der Waals surface area contributed by atoms with Crippen LogP contribution in [0.2, 0.25) is 0 Å². The van der Waals surface area contributed by atoms with Crippen LogP contribution in [0.3, 0.4) is 0 Å². The van der Waals surface area contributed by atoms with Crippen molar-refractivity contribution >= 4 is 51.4 Å². The van der Waals surface area contributed by atoms with Crippen LogP contribution in [0.1, 0.15) is 10.4 Å². The number of carbonyl (C=O) groups excluding carboxylic acids is 2. The molecule has 0 aliphatic rings. The van der Waals surface area contributed by atoms with E-state index in [9.17, 15) is 9.59 Å². The first kappa shape index (κ1) is 19.1. The van der Waals surface area contributed by atoms with Crippen molar-refractivity contribution < 1.29 is 9.59 Å². The number of benzene rings is 3. The van der Waals surface area contributed by atoms with Crippen molar-refractivity contribution in [3.05, 3.63) is 88.0 Å². The van der Waals surface area contributed by atoms with Gasteiger partial charge in [-0.3, -0.25) is 19.5 Å². The third kappa shape index (κ3) is 4.14. The average molecular weight is 496 g/mol. The van der Waals surface area contributed by atoms with Gasteiger partial charge in [-0.25, -0.2) is 4.98 Å². The van der Waals surface area contributed by atoms with Crippen LogP contribution < -0.4 is 10.6 Å². The van der Waals surface area contributed by atoms with Gasteiger partial charge in [-0.15, -0.1) is 0 Å². The molecule has 29 heavy (non-hydrogen) atoms. The lowest BCUT2D eigenvalue weighted by atomic mass is 10.2. The summed E-state index contributed by atoms with van der Waals surface area (Å²) in [6.45, 7) is -0.151. The number of nitrogens with one attached hydrogen (secondary N) is 2. The van der Waals surface area contributed by atoms with Crippen LogP contribution in [-0.2, 0) is 4.79 Å². The second kappa shape index (κ2) is 8.44. The first-order valence-corrected chi connectivity index (χ1v) is 10.1. The summed E-state index contributed by atoms with van der Waals surface area (Å²) in [5.74, 6) is -0.232. The molecule has 0 spiro atoms. The number of hydrogen-bond acceptors (Lipinski definition) is 3. The van der Waals surface area contributed by atoms with E-state index in [1.807, 2.05) is 71.3 Å². The van der Waals surface area contributed by atoms with Crippen molar-refractivity contribution in [2.24, 2.45) is 0 Å². The van der Waals surface area contributed by atoms with Gasteiger partial charge in [0.25, 0.3) is 5.91 Å². The van der Waals surface area contributed by atoms with Crippen LogP contribution in [0.5, 0.6) is 0 Å². The fourth-order valence-corrected chi connectivity index (χ4v) is 3.65. The molecule has 4 aromatic rings. The molecule has 0 radical (unpaired) electrons. The first-order valence-electron chi connectivity index (χ1n) is 8.99. The SMILES string of the molecule is O=C(CNC(=O)c1ccccc1I)Nc1nc2ccccc2n1-c1ccccc1. The predicted octanol–water partition coefficient (Wildman–Crippen LogP) is 4.00. The van der Waals surface area contributed by atoms with Crippen LogP contribution in [0.4, 0.5) is 5.95 Å². The highest BCUT2D eigenvalue weighted by Gasteiger charge is 2.16. The van der Waals surface area contributed by atoms with E-state index in [0.29, 0.717) is 11.5 Å². The highest BCUT2D eigenvalue weighted by molar-refractivity contribution is 14.1. The van der Waals surface area contributed by atoms with E-state index in [2.05, 4.69) is 38.2 Å². The summed E-state index contributed by atoms with van der Waals surface area (Å²) >= 11 is 2.10. The molecule has 6 nitrogen and oxygen atoms in total. The Balaban J connectivity index is 1.54. The highest BCUT2D eigenvalue weighted by Crippen LogP contribution is 2.24. The van der Waals surface area contributed by atoms with Crippen LogP contribution in [0, 0.1) is 3.57 Å². The summed E-state index contributed by atoms with van der Waals surface area (Å²) in [5, 5.41) is 5.48. The minimum atomic E-state index is -0.350. The number of imidazole rings is 1. The van der Waals surface area contributed by atoms with E-state index < -0.39 is 0 Å². The molecule has 0 aliphatic heterocycles. The smallest absolute Gasteiger partial charge is 0.252 e. The van der Waals surface area contributed by atoms with E-state index in [0.717, 1.165) is 20.3 Å². The minimum absolute atomic E-state index is 0.151. The Morgan fingerprint density at radius 1 is 0.897 bits per heavy atom. The van der Waals surface area contributed by atoms with Crippen molar-refractivity contribution in [2.75, 3.05) is 11.9 Å². The molecule has 0 saturated carbocycles. The molecule has 0 unspecified atom stereocenters. The Morgan fingerprint density at radius 2 is 1.59 bits per heavy atom. The number of carbonyl (C=O) groups is 2. The van der Waals surface area contributed by atoms with E-state index in [1.54, 1.807) is 12.1 Å². The number of hydrogen-bond donors (Lipinski definition) is 2. The average Bonchev–Trinajstić information content (AvgIpc) is 3.10. The maximum atomic E-state index is 12.5. The monoisotopic (exact) mass is 496 g/mol.